The summed E-state index contributed by atoms with van der Waals surface area (Å²) in [4.78, 5) is 3.31. The van der Waals surface area contributed by atoms with Gasteiger partial charge in [-0.2, -0.15) is 5.10 Å². The number of anilines is 2. The maximum atomic E-state index is 12.2. The number of hydrogen-bond acceptors (Lipinski definition) is 5. The van der Waals surface area contributed by atoms with Crippen molar-refractivity contribution in [3.63, 3.8) is 0 Å². The molecule has 21 heavy (non-hydrogen) atoms. The fraction of sp³-hybridized carbons (Fsp3) is 0.200. The molecule has 0 fully saturated rings. The predicted octanol–water partition coefficient (Wildman–Crippen LogP) is 1.58. The number of nitrogens with two attached hydrogens (primary N) is 1. The molecule has 0 aliphatic carbocycles. The number of sulfonamides is 1. The summed E-state index contributed by atoms with van der Waals surface area (Å²) < 4.78 is 51.7. The van der Waals surface area contributed by atoms with Crippen LogP contribution in [0.2, 0.25) is 5.02 Å². The molecule has 2 heterocycles. The van der Waals surface area contributed by atoms with Gasteiger partial charge in [0.1, 0.15) is 17.3 Å². The number of rotatable bonds is 5. The molecule has 11 heteroatoms. The molecule has 0 atom stereocenters. The standard InChI is InChI=1S/C10H10ClF2N5O2S/c11-6-3-7(10(14)15-4-6)21(19,20)17-9-1-2-18(16-9)5-8(12)13/h1-4,8H,5H2,(H2,14,15)(H,16,17). The summed E-state index contributed by atoms with van der Waals surface area (Å²) in [5, 5.41) is 3.76. The van der Waals surface area contributed by atoms with E-state index in [1.165, 1.54) is 18.5 Å². The quantitative estimate of drug-likeness (QED) is 0.862. The molecule has 3 N–H and O–H groups in total. The Morgan fingerprint density at radius 2 is 2.19 bits per heavy atom. The summed E-state index contributed by atoms with van der Waals surface area (Å²) in [6.45, 7) is -0.636. The van der Waals surface area contributed by atoms with E-state index < -0.39 is 23.0 Å². The van der Waals surface area contributed by atoms with Crippen LogP contribution >= 0.6 is 11.6 Å². The summed E-state index contributed by atoms with van der Waals surface area (Å²) in [6, 6.07) is 2.37. The largest absolute Gasteiger partial charge is 0.383 e. The van der Waals surface area contributed by atoms with Crippen molar-refractivity contribution >= 4 is 33.3 Å². The maximum absolute atomic E-state index is 12.2. The van der Waals surface area contributed by atoms with Gasteiger partial charge in [0.15, 0.2) is 5.82 Å². The van der Waals surface area contributed by atoms with Crippen molar-refractivity contribution in [2.45, 2.75) is 17.9 Å². The highest BCUT2D eigenvalue weighted by Crippen LogP contribution is 2.22. The van der Waals surface area contributed by atoms with E-state index in [1.807, 2.05) is 0 Å². The monoisotopic (exact) mass is 337 g/mol. The molecule has 0 aromatic carbocycles. The van der Waals surface area contributed by atoms with Crippen molar-refractivity contribution in [3.8, 4) is 0 Å². The van der Waals surface area contributed by atoms with Crippen LogP contribution in [0.1, 0.15) is 0 Å². The van der Waals surface area contributed by atoms with Crippen LogP contribution in [0.5, 0.6) is 0 Å². The minimum absolute atomic E-state index is 0.0906. The van der Waals surface area contributed by atoms with Gasteiger partial charge in [0, 0.05) is 18.5 Å². The van der Waals surface area contributed by atoms with Crippen LogP contribution in [0.3, 0.4) is 0 Å². The lowest BCUT2D eigenvalue weighted by Gasteiger charge is -2.07. The summed E-state index contributed by atoms with van der Waals surface area (Å²) in [5.41, 5.74) is 5.49. The number of pyridine rings is 1. The second kappa shape index (κ2) is 5.82. The Kier molecular flexibility index (Phi) is 4.28. The van der Waals surface area contributed by atoms with E-state index in [-0.39, 0.29) is 21.6 Å². The Labute approximate surface area is 123 Å². The summed E-state index contributed by atoms with van der Waals surface area (Å²) in [5.74, 6) is -0.353. The first-order chi connectivity index (χ1) is 9.78. The second-order valence-corrected chi connectivity index (χ2v) is 6.04. The molecule has 0 amide bonds. The minimum Gasteiger partial charge on any atom is -0.383 e. The number of aromatic nitrogens is 3. The van der Waals surface area contributed by atoms with Crippen molar-refractivity contribution in [3.05, 3.63) is 29.5 Å². The second-order valence-electron chi connectivity index (χ2n) is 3.96. The zero-order valence-electron chi connectivity index (χ0n) is 10.4. The molecule has 0 spiro atoms. The van der Waals surface area contributed by atoms with Gasteiger partial charge in [-0.25, -0.2) is 22.2 Å². The van der Waals surface area contributed by atoms with Crippen LogP contribution in [0, 0.1) is 0 Å². The fourth-order valence-electron chi connectivity index (χ4n) is 1.50. The van der Waals surface area contributed by atoms with Crippen LogP contribution in [-0.4, -0.2) is 29.6 Å². The van der Waals surface area contributed by atoms with Gasteiger partial charge in [-0.05, 0) is 6.07 Å². The van der Waals surface area contributed by atoms with E-state index in [2.05, 4.69) is 14.8 Å². The lowest BCUT2D eigenvalue weighted by molar-refractivity contribution is 0.122. The van der Waals surface area contributed by atoms with E-state index in [9.17, 15) is 17.2 Å². The highest BCUT2D eigenvalue weighted by molar-refractivity contribution is 7.92. The van der Waals surface area contributed by atoms with Gasteiger partial charge in [0.2, 0.25) is 0 Å². The third-order valence-electron chi connectivity index (χ3n) is 2.34. The van der Waals surface area contributed by atoms with Crippen molar-refractivity contribution in [1.29, 1.82) is 0 Å². The smallest absolute Gasteiger partial charge is 0.266 e. The van der Waals surface area contributed by atoms with E-state index in [1.54, 1.807) is 0 Å². The third-order valence-corrected chi connectivity index (χ3v) is 3.93. The van der Waals surface area contributed by atoms with Gasteiger partial charge >= 0.3 is 0 Å². The predicted molar refractivity (Wildman–Crippen MR) is 72.7 cm³/mol. The number of nitrogens with one attached hydrogen (secondary N) is 1. The Morgan fingerprint density at radius 3 is 2.86 bits per heavy atom. The average molecular weight is 338 g/mol. The molecule has 0 aliphatic rings. The fourth-order valence-corrected chi connectivity index (χ4v) is 2.83. The zero-order chi connectivity index (χ0) is 15.6. The Balaban J connectivity index is 2.25. The molecule has 0 aliphatic heterocycles. The molecule has 0 radical (unpaired) electrons. The molecule has 0 saturated carbocycles. The lowest BCUT2D eigenvalue weighted by Crippen LogP contribution is -2.16. The maximum Gasteiger partial charge on any atom is 0.266 e. The topological polar surface area (TPSA) is 103 Å². The molecule has 2 aromatic heterocycles. The van der Waals surface area contributed by atoms with Crippen molar-refractivity contribution in [2.24, 2.45) is 0 Å². The molecule has 0 saturated heterocycles. The number of nitrogen functional groups attached to an aromatic ring is 1. The van der Waals surface area contributed by atoms with E-state index in [4.69, 9.17) is 17.3 Å². The lowest BCUT2D eigenvalue weighted by atomic mass is 10.5. The first-order valence-corrected chi connectivity index (χ1v) is 7.39. The van der Waals surface area contributed by atoms with Crippen molar-refractivity contribution < 1.29 is 17.2 Å². The van der Waals surface area contributed by atoms with Crippen LogP contribution in [-0.2, 0) is 16.6 Å². The molecule has 2 rings (SSSR count). The first-order valence-electron chi connectivity index (χ1n) is 5.53. The van der Waals surface area contributed by atoms with E-state index in [0.717, 1.165) is 10.7 Å². The normalized spacial score (nSPS) is 11.8. The first kappa shape index (κ1) is 15.4. The SMILES string of the molecule is Nc1ncc(Cl)cc1S(=O)(=O)Nc1ccn(CC(F)F)n1. The van der Waals surface area contributed by atoms with Gasteiger partial charge in [0.05, 0.1) is 5.02 Å². The summed E-state index contributed by atoms with van der Waals surface area (Å²) in [6.07, 6.45) is -0.168. The molecule has 2 aromatic rings. The van der Waals surface area contributed by atoms with E-state index >= 15 is 0 Å². The van der Waals surface area contributed by atoms with Gasteiger partial charge in [0.25, 0.3) is 16.4 Å². The number of nitrogens with zero attached hydrogens (tertiary/aromatic N) is 3. The zero-order valence-corrected chi connectivity index (χ0v) is 11.9. The van der Waals surface area contributed by atoms with E-state index in [0.29, 0.717) is 0 Å². The summed E-state index contributed by atoms with van der Waals surface area (Å²) in [7, 11) is -4.07. The Hall–Kier alpha value is -1.94. The molecular formula is C10H10ClF2N5O2S. The van der Waals surface area contributed by atoms with Crippen LogP contribution in [0.4, 0.5) is 20.4 Å². The van der Waals surface area contributed by atoms with Gasteiger partial charge in [-0.3, -0.25) is 9.40 Å². The number of halogens is 3. The van der Waals surface area contributed by atoms with Crippen LogP contribution in [0.15, 0.2) is 29.4 Å². The van der Waals surface area contributed by atoms with Gasteiger partial charge in [-0.1, -0.05) is 11.6 Å². The Bertz CT molecular complexity index is 750. The van der Waals surface area contributed by atoms with Crippen molar-refractivity contribution in [2.75, 3.05) is 10.5 Å². The highest BCUT2D eigenvalue weighted by Gasteiger charge is 2.20. The summed E-state index contributed by atoms with van der Waals surface area (Å²) >= 11 is 5.67. The van der Waals surface area contributed by atoms with Gasteiger partial charge < -0.3 is 5.73 Å². The van der Waals surface area contributed by atoms with Crippen molar-refractivity contribution in [1.82, 2.24) is 14.8 Å². The Morgan fingerprint density at radius 1 is 1.48 bits per heavy atom. The average Bonchev–Trinajstić information content (AvgIpc) is 2.77. The molecule has 0 bridgehead atoms. The molecule has 7 nitrogen and oxygen atoms in total. The van der Waals surface area contributed by atoms with Crippen LogP contribution < -0.4 is 10.5 Å². The number of hydrogen-bond donors (Lipinski definition) is 2. The van der Waals surface area contributed by atoms with Gasteiger partial charge in [-0.15, -0.1) is 0 Å². The molecule has 114 valence electrons. The molecule has 0 unspecified atom stereocenters. The van der Waals surface area contributed by atoms with Crippen LogP contribution in [0.25, 0.3) is 0 Å². The minimum atomic E-state index is -4.07. The highest BCUT2D eigenvalue weighted by atomic mass is 35.5. The number of alkyl halides is 2. The molecular weight excluding hydrogens is 328 g/mol. The third kappa shape index (κ3) is 3.79.